The number of nitrogen functional groups attached to an aromatic ring is 1. The van der Waals surface area contributed by atoms with Crippen LogP contribution in [-0.2, 0) is 0 Å². The smallest absolute Gasteiger partial charge is 0.319 e. The molecule has 0 fully saturated rings. The first-order valence-electron chi connectivity index (χ1n) is 5.55. The zero-order valence-electron chi connectivity index (χ0n) is 9.79. The number of hydrogen-bond acceptors (Lipinski definition) is 2. The molecule has 2 amide bonds. The molecule has 88 valence electrons. The lowest BCUT2D eigenvalue weighted by atomic mass is 10.2. The first-order valence-corrected chi connectivity index (χ1v) is 5.55. The number of benzene rings is 1. The fourth-order valence-corrected chi connectivity index (χ4v) is 1.51. The Morgan fingerprint density at radius 3 is 2.88 bits per heavy atom. The summed E-state index contributed by atoms with van der Waals surface area (Å²) in [4.78, 5) is 11.5. The predicted octanol–water partition coefficient (Wildman–Crippen LogP) is 2.58. The van der Waals surface area contributed by atoms with Crippen LogP contribution in [0.2, 0.25) is 0 Å². The minimum atomic E-state index is -0.188. The molecule has 16 heavy (non-hydrogen) atoms. The van der Waals surface area contributed by atoms with Crippen molar-refractivity contribution in [2.45, 2.75) is 32.7 Å². The van der Waals surface area contributed by atoms with Gasteiger partial charge in [0.15, 0.2) is 0 Å². The fourth-order valence-electron chi connectivity index (χ4n) is 1.51. The van der Waals surface area contributed by atoms with E-state index in [4.69, 9.17) is 5.73 Å². The predicted molar refractivity (Wildman–Crippen MR) is 67.4 cm³/mol. The Labute approximate surface area is 96.2 Å². The zero-order valence-corrected chi connectivity index (χ0v) is 9.79. The Kier molecular flexibility index (Phi) is 4.64. The maximum absolute atomic E-state index is 11.5. The molecule has 0 saturated carbocycles. The zero-order chi connectivity index (χ0) is 12.0. The van der Waals surface area contributed by atoms with Gasteiger partial charge in [-0.3, -0.25) is 0 Å². The lowest BCUT2D eigenvalue weighted by Gasteiger charge is -2.13. The first kappa shape index (κ1) is 12.4. The van der Waals surface area contributed by atoms with Crippen LogP contribution in [0.4, 0.5) is 16.2 Å². The normalized spacial score (nSPS) is 11.9. The van der Waals surface area contributed by atoms with Crippen molar-refractivity contribution in [2.24, 2.45) is 0 Å². The molecule has 1 aromatic carbocycles. The van der Waals surface area contributed by atoms with E-state index in [1.54, 1.807) is 24.3 Å². The van der Waals surface area contributed by atoms with Crippen molar-refractivity contribution in [3.05, 3.63) is 24.3 Å². The Balaban J connectivity index is 2.45. The highest BCUT2D eigenvalue weighted by Gasteiger charge is 2.05. The number of nitrogens with two attached hydrogens (primary N) is 1. The van der Waals surface area contributed by atoms with E-state index in [2.05, 4.69) is 17.6 Å². The minimum Gasteiger partial charge on any atom is -0.399 e. The van der Waals surface area contributed by atoms with Gasteiger partial charge in [-0.15, -0.1) is 0 Å². The number of urea groups is 1. The number of anilines is 2. The van der Waals surface area contributed by atoms with E-state index in [1.165, 1.54) is 0 Å². The summed E-state index contributed by atoms with van der Waals surface area (Å²) >= 11 is 0. The number of carbonyl (C=O) groups excluding carboxylic acids is 1. The molecule has 0 aromatic heterocycles. The molecule has 0 radical (unpaired) electrons. The largest absolute Gasteiger partial charge is 0.399 e. The summed E-state index contributed by atoms with van der Waals surface area (Å²) in [5.41, 5.74) is 6.96. The van der Waals surface area contributed by atoms with Crippen molar-refractivity contribution in [1.82, 2.24) is 5.32 Å². The molecule has 0 aliphatic rings. The van der Waals surface area contributed by atoms with E-state index in [-0.39, 0.29) is 12.1 Å². The quantitative estimate of drug-likeness (QED) is 0.684. The summed E-state index contributed by atoms with van der Waals surface area (Å²) in [6.07, 6.45) is 2.03. The van der Waals surface area contributed by atoms with Gasteiger partial charge in [-0.25, -0.2) is 4.79 Å². The SMILES string of the molecule is CCCC(C)NC(=O)Nc1cccc(N)c1. The summed E-state index contributed by atoms with van der Waals surface area (Å²) in [5, 5.41) is 5.60. The van der Waals surface area contributed by atoms with Crippen molar-refractivity contribution in [1.29, 1.82) is 0 Å². The van der Waals surface area contributed by atoms with Gasteiger partial charge in [-0.1, -0.05) is 19.4 Å². The number of carbonyl (C=O) groups is 1. The average Bonchev–Trinajstić information content (AvgIpc) is 2.17. The third-order valence-corrected chi connectivity index (χ3v) is 2.24. The van der Waals surface area contributed by atoms with Gasteiger partial charge in [0, 0.05) is 17.4 Å². The van der Waals surface area contributed by atoms with Crippen LogP contribution < -0.4 is 16.4 Å². The van der Waals surface area contributed by atoms with Crippen LogP contribution in [0, 0.1) is 0 Å². The van der Waals surface area contributed by atoms with E-state index in [0.29, 0.717) is 11.4 Å². The second-order valence-electron chi connectivity index (χ2n) is 3.91. The fraction of sp³-hybridized carbons (Fsp3) is 0.417. The lowest BCUT2D eigenvalue weighted by molar-refractivity contribution is 0.248. The minimum absolute atomic E-state index is 0.186. The van der Waals surface area contributed by atoms with Crippen molar-refractivity contribution in [2.75, 3.05) is 11.1 Å². The number of rotatable bonds is 4. The summed E-state index contributed by atoms with van der Waals surface area (Å²) in [7, 11) is 0. The Morgan fingerprint density at radius 1 is 1.50 bits per heavy atom. The molecule has 4 nitrogen and oxygen atoms in total. The van der Waals surface area contributed by atoms with Gasteiger partial charge in [-0.05, 0) is 31.5 Å². The first-order chi connectivity index (χ1) is 7.61. The average molecular weight is 221 g/mol. The molecular weight excluding hydrogens is 202 g/mol. The van der Waals surface area contributed by atoms with Gasteiger partial charge in [-0.2, -0.15) is 0 Å². The standard InChI is InChI=1S/C12H19N3O/c1-3-5-9(2)14-12(16)15-11-7-4-6-10(13)8-11/h4,6-9H,3,5,13H2,1-2H3,(H2,14,15,16). The van der Waals surface area contributed by atoms with Gasteiger partial charge in [0.25, 0.3) is 0 Å². The molecule has 0 bridgehead atoms. The van der Waals surface area contributed by atoms with Crippen LogP contribution in [0.3, 0.4) is 0 Å². The van der Waals surface area contributed by atoms with Gasteiger partial charge >= 0.3 is 6.03 Å². The molecule has 0 saturated heterocycles. The highest BCUT2D eigenvalue weighted by molar-refractivity contribution is 5.89. The molecular formula is C12H19N3O. The van der Waals surface area contributed by atoms with Gasteiger partial charge < -0.3 is 16.4 Å². The molecule has 4 heteroatoms. The van der Waals surface area contributed by atoms with Crippen LogP contribution in [0.5, 0.6) is 0 Å². The second kappa shape index (κ2) is 6.00. The second-order valence-corrected chi connectivity index (χ2v) is 3.91. The van der Waals surface area contributed by atoms with Crippen LogP contribution in [0.1, 0.15) is 26.7 Å². The molecule has 0 heterocycles. The number of nitrogens with one attached hydrogen (secondary N) is 2. The Hall–Kier alpha value is -1.71. The third kappa shape index (κ3) is 4.21. The van der Waals surface area contributed by atoms with E-state index in [1.807, 2.05) is 6.92 Å². The maximum atomic E-state index is 11.5. The molecule has 1 unspecified atom stereocenters. The summed E-state index contributed by atoms with van der Waals surface area (Å²) < 4.78 is 0. The molecule has 4 N–H and O–H groups in total. The molecule has 1 rings (SSSR count). The van der Waals surface area contributed by atoms with Gasteiger partial charge in [0.2, 0.25) is 0 Å². The third-order valence-electron chi connectivity index (χ3n) is 2.24. The van der Waals surface area contributed by atoms with Crippen LogP contribution in [0.25, 0.3) is 0 Å². The van der Waals surface area contributed by atoms with Gasteiger partial charge in [0.1, 0.15) is 0 Å². The van der Waals surface area contributed by atoms with E-state index < -0.39 is 0 Å². The van der Waals surface area contributed by atoms with Crippen LogP contribution in [0.15, 0.2) is 24.3 Å². The number of hydrogen-bond donors (Lipinski definition) is 3. The number of amides is 2. The molecule has 1 atom stereocenters. The molecule has 0 aliphatic carbocycles. The van der Waals surface area contributed by atoms with Crippen molar-refractivity contribution >= 4 is 17.4 Å². The molecule has 1 aromatic rings. The van der Waals surface area contributed by atoms with Crippen molar-refractivity contribution in [3.8, 4) is 0 Å². The summed E-state index contributed by atoms with van der Waals surface area (Å²) in [6, 6.07) is 7.12. The van der Waals surface area contributed by atoms with Crippen LogP contribution >= 0.6 is 0 Å². The molecule has 0 spiro atoms. The highest BCUT2D eigenvalue weighted by atomic mass is 16.2. The van der Waals surface area contributed by atoms with Crippen molar-refractivity contribution in [3.63, 3.8) is 0 Å². The lowest BCUT2D eigenvalue weighted by Crippen LogP contribution is -2.35. The van der Waals surface area contributed by atoms with Crippen molar-refractivity contribution < 1.29 is 4.79 Å². The van der Waals surface area contributed by atoms with Gasteiger partial charge in [0.05, 0.1) is 0 Å². The van der Waals surface area contributed by atoms with E-state index in [9.17, 15) is 4.79 Å². The highest BCUT2D eigenvalue weighted by Crippen LogP contribution is 2.11. The summed E-state index contributed by atoms with van der Waals surface area (Å²) in [5.74, 6) is 0. The Morgan fingerprint density at radius 2 is 2.25 bits per heavy atom. The monoisotopic (exact) mass is 221 g/mol. The topological polar surface area (TPSA) is 67.2 Å². The maximum Gasteiger partial charge on any atom is 0.319 e. The molecule has 0 aliphatic heterocycles. The summed E-state index contributed by atoms with van der Waals surface area (Å²) in [6.45, 7) is 4.08. The van der Waals surface area contributed by atoms with E-state index >= 15 is 0 Å². The van der Waals surface area contributed by atoms with Crippen LogP contribution in [-0.4, -0.2) is 12.1 Å². The van der Waals surface area contributed by atoms with E-state index in [0.717, 1.165) is 12.8 Å². The Bertz CT molecular complexity index is 352.